The Kier molecular flexibility index (Phi) is 5.73. The van der Waals surface area contributed by atoms with Crippen molar-refractivity contribution in [1.82, 2.24) is 20.2 Å². The molecule has 174 valence electrons. The number of carbonyl (C=O) groups is 1. The van der Waals surface area contributed by atoms with Crippen molar-refractivity contribution in [2.45, 2.75) is 65.0 Å². The second-order valence-electron chi connectivity index (χ2n) is 9.22. The van der Waals surface area contributed by atoms with Gasteiger partial charge in [-0.2, -0.15) is 0 Å². The zero-order valence-corrected chi connectivity index (χ0v) is 19.1. The number of aromatic nitrogens is 2. The van der Waals surface area contributed by atoms with E-state index in [0.29, 0.717) is 24.8 Å². The van der Waals surface area contributed by atoms with Crippen molar-refractivity contribution in [3.63, 3.8) is 0 Å². The zero-order chi connectivity index (χ0) is 22.2. The van der Waals surface area contributed by atoms with Gasteiger partial charge < -0.3 is 20.3 Å². The Hall–Kier alpha value is -2.71. The lowest BCUT2D eigenvalue weighted by Crippen LogP contribution is -2.43. The molecule has 2 aromatic rings. The van der Waals surface area contributed by atoms with Crippen molar-refractivity contribution in [2.24, 2.45) is 0 Å². The summed E-state index contributed by atoms with van der Waals surface area (Å²) < 4.78 is 6.02. The van der Waals surface area contributed by atoms with Crippen LogP contribution in [-0.4, -0.2) is 58.8 Å². The van der Waals surface area contributed by atoms with Gasteiger partial charge in [-0.25, -0.2) is 14.8 Å². The minimum absolute atomic E-state index is 0. The summed E-state index contributed by atoms with van der Waals surface area (Å²) >= 11 is 0. The molecule has 1 aromatic heterocycles. The van der Waals surface area contributed by atoms with E-state index in [4.69, 9.17) is 14.7 Å². The fourth-order valence-electron chi connectivity index (χ4n) is 4.84. The van der Waals surface area contributed by atoms with Gasteiger partial charge in [0.25, 0.3) is 0 Å². The molecule has 3 aliphatic rings. The number of hydrogen-bond donors (Lipinski definition) is 2. The lowest BCUT2D eigenvalue weighted by molar-refractivity contribution is 0.0299. The molecule has 3 aliphatic heterocycles. The van der Waals surface area contributed by atoms with Gasteiger partial charge in [-0.3, -0.25) is 4.90 Å². The highest BCUT2D eigenvalue weighted by molar-refractivity contribution is 5.89. The lowest BCUT2D eigenvalue weighted by Gasteiger charge is -2.32. The second-order valence-corrected chi connectivity index (χ2v) is 9.22. The lowest BCUT2D eigenvalue weighted by atomic mass is 10.1. The summed E-state index contributed by atoms with van der Waals surface area (Å²) in [4.78, 5) is 26.7. The van der Waals surface area contributed by atoms with Crippen molar-refractivity contribution < 1.29 is 12.4 Å². The maximum absolute atomic E-state index is 11.8. The molecule has 0 spiro atoms. The first-order valence-corrected chi connectivity index (χ1v) is 11.7. The summed E-state index contributed by atoms with van der Waals surface area (Å²) in [6, 6.07) is 8.19. The monoisotopic (exact) mass is 440 g/mol. The quantitative estimate of drug-likeness (QED) is 0.735. The number of nitrogens with one attached hydrogen (secondary N) is 2. The number of rotatable bonds is 5. The average molecular weight is 441 g/mol. The van der Waals surface area contributed by atoms with Gasteiger partial charge in [0, 0.05) is 58.4 Å². The van der Waals surface area contributed by atoms with Crippen LogP contribution in [0.3, 0.4) is 0 Å². The molecular weight excluding hydrogens is 404 g/mol. The maximum Gasteiger partial charge on any atom is 0.319 e. The summed E-state index contributed by atoms with van der Waals surface area (Å²) in [5, 5.41) is 5.62. The smallest absolute Gasteiger partial charge is 0.319 e. The van der Waals surface area contributed by atoms with E-state index in [1.165, 1.54) is 5.56 Å². The number of carbonyl (C=O) groups excluding carboxylic acids is 1. The van der Waals surface area contributed by atoms with E-state index >= 15 is 0 Å². The topological polar surface area (TPSA) is 82.6 Å². The molecule has 0 radical (unpaired) electrons. The number of benzene rings is 1. The molecule has 8 heteroatoms. The molecule has 2 fully saturated rings. The number of anilines is 2. The largest absolute Gasteiger partial charge is 0.371 e. The number of amides is 2. The SMILES string of the molecule is CCNC(=O)Nc1ccc(-c2nc(N3CC4CCC(C3)O4)nc3c2CN(C(C)C)C3)cc1.[HH].[HH]. The molecule has 2 amide bonds. The Balaban J connectivity index is 0.00000162. The van der Waals surface area contributed by atoms with E-state index in [1.54, 1.807) is 0 Å². The molecule has 2 unspecified atom stereocenters. The molecule has 2 N–H and O–H groups in total. The van der Waals surface area contributed by atoms with Crippen molar-refractivity contribution in [1.29, 1.82) is 0 Å². The summed E-state index contributed by atoms with van der Waals surface area (Å²) in [6.07, 6.45) is 2.84. The molecule has 32 heavy (non-hydrogen) atoms. The van der Waals surface area contributed by atoms with Crippen molar-refractivity contribution >= 4 is 17.7 Å². The minimum atomic E-state index is -0.194. The molecule has 5 rings (SSSR count). The summed E-state index contributed by atoms with van der Waals surface area (Å²) in [7, 11) is 0. The fraction of sp³-hybridized carbons (Fsp3) is 0.542. The third-order valence-electron chi connectivity index (χ3n) is 6.61. The zero-order valence-electron chi connectivity index (χ0n) is 19.1. The van der Waals surface area contributed by atoms with Gasteiger partial charge in [0.15, 0.2) is 0 Å². The van der Waals surface area contributed by atoms with E-state index in [1.807, 2.05) is 31.2 Å². The number of morpholine rings is 1. The van der Waals surface area contributed by atoms with Gasteiger partial charge in [-0.1, -0.05) is 12.1 Å². The molecule has 2 bridgehead atoms. The highest BCUT2D eigenvalue weighted by atomic mass is 16.5. The molecule has 2 atom stereocenters. The first-order chi connectivity index (χ1) is 15.5. The molecule has 1 aromatic carbocycles. The Morgan fingerprint density at radius 1 is 1.16 bits per heavy atom. The molecule has 8 nitrogen and oxygen atoms in total. The predicted molar refractivity (Wildman–Crippen MR) is 129 cm³/mol. The first-order valence-electron chi connectivity index (χ1n) is 11.7. The van der Waals surface area contributed by atoms with Crippen LogP contribution < -0.4 is 15.5 Å². The van der Waals surface area contributed by atoms with Gasteiger partial charge in [0.05, 0.1) is 23.6 Å². The molecule has 0 aliphatic carbocycles. The van der Waals surface area contributed by atoms with Gasteiger partial charge in [-0.15, -0.1) is 0 Å². The van der Waals surface area contributed by atoms with Crippen LogP contribution in [0.1, 0.15) is 47.7 Å². The fourth-order valence-corrected chi connectivity index (χ4v) is 4.84. The predicted octanol–water partition coefficient (Wildman–Crippen LogP) is 3.87. The third-order valence-corrected chi connectivity index (χ3v) is 6.61. The Labute approximate surface area is 192 Å². The minimum Gasteiger partial charge on any atom is -0.371 e. The van der Waals surface area contributed by atoms with Crippen molar-refractivity contribution in [2.75, 3.05) is 29.9 Å². The maximum atomic E-state index is 11.8. The van der Waals surface area contributed by atoms with E-state index in [2.05, 4.69) is 34.3 Å². The normalized spacial score (nSPS) is 22.3. The van der Waals surface area contributed by atoms with Crippen LogP contribution in [0.25, 0.3) is 11.3 Å². The summed E-state index contributed by atoms with van der Waals surface area (Å²) in [5.41, 5.74) is 5.15. The van der Waals surface area contributed by atoms with E-state index in [0.717, 1.165) is 67.6 Å². The van der Waals surface area contributed by atoms with Crippen LogP contribution in [0.2, 0.25) is 0 Å². The standard InChI is InChI=1S/C24H32N6O2.2H2/c1-4-25-24(31)26-17-7-5-16(6-8-17)22-20-13-29(15(2)3)14-21(20)27-23(28-22)30-11-18-9-10-19(12-30)32-18;;/h5-8,15,18-19H,4,9-14H2,1-3H3,(H2,25,26,31);2*1H. The summed E-state index contributed by atoms with van der Waals surface area (Å²) in [6.45, 7) is 10.4. The Morgan fingerprint density at radius 2 is 1.88 bits per heavy atom. The van der Waals surface area contributed by atoms with Crippen LogP contribution in [0.5, 0.6) is 0 Å². The summed E-state index contributed by atoms with van der Waals surface area (Å²) in [5.74, 6) is 0.814. The number of urea groups is 1. The molecule has 0 saturated carbocycles. The number of nitrogens with zero attached hydrogens (tertiary/aromatic N) is 4. The van der Waals surface area contributed by atoms with E-state index in [9.17, 15) is 4.79 Å². The first kappa shape index (κ1) is 21.2. The van der Waals surface area contributed by atoms with E-state index in [-0.39, 0.29) is 8.88 Å². The Bertz CT molecular complexity index is 992. The highest BCUT2D eigenvalue weighted by Crippen LogP contribution is 2.35. The number of fused-ring (bicyclic) bond motifs is 3. The van der Waals surface area contributed by atoms with Crippen LogP contribution in [0.15, 0.2) is 24.3 Å². The van der Waals surface area contributed by atoms with Gasteiger partial charge in [0.2, 0.25) is 5.95 Å². The van der Waals surface area contributed by atoms with E-state index < -0.39 is 0 Å². The molecular formula is C24H36N6O2. The van der Waals surface area contributed by atoms with Crippen LogP contribution in [0, 0.1) is 0 Å². The number of hydrogen-bond acceptors (Lipinski definition) is 6. The number of ether oxygens (including phenoxy) is 1. The molecule has 2 saturated heterocycles. The second kappa shape index (κ2) is 8.67. The van der Waals surface area contributed by atoms with Crippen molar-refractivity contribution in [3.8, 4) is 11.3 Å². The van der Waals surface area contributed by atoms with Gasteiger partial charge in [0.1, 0.15) is 0 Å². The highest BCUT2D eigenvalue weighted by Gasteiger charge is 2.36. The van der Waals surface area contributed by atoms with Gasteiger partial charge in [-0.05, 0) is 45.7 Å². The third kappa shape index (κ3) is 4.17. The van der Waals surface area contributed by atoms with Gasteiger partial charge >= 0.3 is 6.03 Å². The van der Waals surface area contributed by atoms with Crippen LogP contribution in [0.4, 0.5) is 16.4 Å². The molecule has 4 heterocycles. The average Bonchev–Trinajstić information content (AvgIpc) is 3.36. The Morgan fingerprint density at radius 3 is 2.53 bits per heavy atom. The van der Waals surface area contributed by atoms with Crippen LogP contribution in [-0.2, 0) is 17.8 Å². The van der Waals surface area contributed by atoms with Crippen LogP contribution >= 0.6 is 0 Å². The van der Waals surface area contributed by atoms with Crippen molar-refractivity contribution in [3.05, 3.63) is 35.5 Å².